The van der Waals surface area contributed by atoms with Crippen LogP contribution >= 0.6 is 0 Å². The van der Waals surface area contributed by atoms with Crippen LogP contribution in [0, 0.1) is 5.41 Å². The van der Waals surface area contributed by atoms with Crippen molar-refractivity contribution >= 4 is 33.8 Å². The summed E-state index contributed by atoms with van der Waals surface area (Å²) in [6.45, 7) is 5.00. The second kappa shape index (κ2) is 9.79. The lowest BCUT2D eigenvalue weighted by atomic mass is 10.0. The molecule has 182 valence electrons. The third-order valence-electron chi connectivity index (χ3n) is 6.43. The van der Waals surface area contributed by atoms with Gasteiger partial charge in [0, 0.05) is 31.7 Å². The average molecular weight is 477 g/mol. The molecule has 0 amide bonds. The molecule has 1 aliphatic rings. The van der Waals surface area contributed by atoms with E-state index in [1.807, 2.05) is 47.0 Å². The first kappa shape index (κ1) is 22.9. The fourth-order valence-corrected chi connectivity index (χ4v) is 4.79. The molecule has 1 fully saturated rings. The summed E-state index contributed by atoms with van der Waals surface area (Å²) in [4.78, 5) is 17.9. The summed E-state index contributed by atoms with van der Waals surface area (Å²) in [5, 5.41) is 14.3. The Morgan fingerprint density at radius 2 is 2.00 bits per heavy atom. The Kier molecular flexibility index (Phi) is 6.41. The molecule has 0 atom stereocenters. The standard InChI is InChI=1S/C26H29N5O4/c1-17(27)34-25(28)24-16-19-22(8-4-9-23(19)35-24)33-15-5-12-30-13-10-18(11-14-30)31-21-7-3-2-6-20(21)29-26(31)32/h2-4,6-9,16,18,27-28H,5,10-15H2,1H3,(H,29,32)/p+1. The molecule has 0 spiro atoms. The summed E-state index contributed by atoms with van der Waals surface area (Å²) in [6.07, 6.45) is 2.79. The predicted molar refractivity (Wildman–Crippen MR) is 134 cm³/mol. The number of nitrogens with zero attached hydrogens (tertiary/aromatic N) is 2. The molecule has 0 saturated carbocycles. The maximum Gasteiger partial charge on any atom is 0.336 e. The number of hydrogen-bond donors (Lipinski definition) is 3. The van der Waals surface area contributed by atoms with E-state index in [9.17, 15) is 4.79 Å². The van der Waals surface area contributed by atoms with Crippen molar-refractivity contribution < 1.29 is 19.3 Å². The smallest absolute Gasteiger partial charge is 0.336 e. The van der Waals surface area contributed by atoms with E-state index in [2.05, 4.69) is 9.88 Å². The number of nitrogens with one attached hydrogen (secondary N) is 2. The number of fused-ring (bicyclic) bond motifs is 2. The number of imidazole rings is 1. The molecule has 0 bridgehead atoms. The average Bonchev–Trinajstić information content (AvgIpc) is 3.43. The van der Waals surface area contributed by atoms with Crippen molar-refractivity contribution in [3.63, 3.8) is 0 Å². The number of benzene rings is 2. The molecule has 4 N–H and O–H groups in total. The van der Waals surface area contributed by atoms with Crippen molar-refractivity contribution in [2.24, 2.45) is 0 Å². The number of H-pyrrole nitrogens is 1. The molecule has 1 aliphatic heterocycles. The van der Waals surface area contributed by atoms with E-state index < -0.39 is 0 Å². The predicted octanol–water partition coefficient (Wildman–Crippen LogP) is 2.70. The van der Waals surface area contributed by atoms with Crippen LogP contribution in [0.4, 0.5) is 0 Å². The lowest BCUT2D eigenvalue weighted by molar-refractivity contribution is -0.133. The highest BCUT2D eigenvalue weighted by Gasteiger charge is 2.23. The molecule has 0 unspecified atom stereocenters. The van der Waals surface area contributed by atoms with E-state index in [4.69, 9.17) is 24.7 Å². The van der Waals surface area contributed by atoms with E-state index >= 15 is 0 Å². The molecule has 9 nitrogen and oxygen atoms in total. The van der Waals surface area contributed by atoms with Crippen LogP contribution < -0.4 is 15.8 Å². The molecular formula is C26H30N5O4+. The highest BCUT2D eigenvalue weighted by atomic mass is 16.5. The summed E-state index contributed by atoms with van der Waals surface area (Å²) in [6, 6.07) is 15.4. The number of likely N-dealkylation sites (tertiary alicyclic amines) is 1. The Balaban J connectivity index is 1.13. The minimum Gasteiger partial charge on any atom is -0.493 e. The number of ether oxygens (including phenoxy) is 2. The monoisotopic (exact) mass is 476 g/mol. The van der Waals surface area contributed by atoms with Crippen molar-refractivity contribution in [2.45, 2.75) is 32.2 Å². The van der Waals surface area contributed by atoms with Crippen LogP contribution in [0.15, 0.2) is 57.7 Å². The molecular weight excluding hydrogens is 446 g/mol. The lowest BCUT2D eigenvalue weighted by Gasteiger charge is -2.32. The van der Waals surface area contributed by atoms with Crippen LogP contribution in [-0.4, -0.2) is 52.5 Å². The molecule has 3 heterocycles. The second-order valence-electron chi connectivity index (χ2n) is 8.91. The maximum absolute atomic E-state index is 12.5. The third kappa shape index (κ3) is 4.85. The normalized spacial score (nSPS) is 15.0. The van der Waals surface area contributed by atoms with Crippen molar-refractivity contribution in [3.05, 3.63) is 64.8 Å². The van der Waals surface area contributed by atoms with Crippen LogP contribution in [0.5, 0.6) is 5.75 Å². The summed E-state index contributed by atoms with van der Waals surface area (Å²) in [5.74, 6) is 1.07. The molecule has 0 aliphatic carbocycles. The van der Waals surface area contributed by atoms with E-state index in [-0.39, 0.29) is 23.5 Å². The topological polar surface area (TPSA) is 122 Å². The van der Waals surface area contributed by atoms with Gasteiger partial charge in [0.2, 0.25) is 0 Å². The van der Waals surface area contributed by atoms with Gasteiger partial charge >= 0.3 is 11.6 Å². The van der Waals surface area contributed by atoms with E-state index in [0.29, 0.717) is 18.0 Å². The summed E-state index contributed by atoms with van der Waals surface area (Å²) >= 11 is 0. The van der Waals surface area contributed by atoms with Gasteiger partial charge in [0.15, 0.2) is 5.76 Å². The Morgan fingerprint density at radius 1 is 1.20 bits per heavy atom. The van der Waals surface area contributed by atoms with Crippen LogP contribution in [0.3, 0.4) is 0 Å². The zero-order valence-corrected chi connectivity index (χ0v) is 19.8. The Morgan fingerprint density at radius 3 is 2.80 bits per heavy atom. The summed E-state index contributed by atoms with van der Waals surface area (Å²) in [5.41, 5.74) is 2.50. The van der Waals surface area contributed by atoms with Gasteiger partial charge in [0.05, 0.1) is 30.0 Å². The van der Waals surface area contributed by atoms with Crippen LogP contribution in [0.1, 0.15) is 38.0 Å². The van der Waals surface area contributed by atoms with Gasteiger partial charge in [-0.3, -0.25) is 9.98 Å². The van der Waals surface area contributed by atoms with Gasteiger partial charge in [-0.05, 0) is 43.5 Å². The fourth-order valence-electron chi connectivity index (χ4n) is 4.79. The first-order valence-electron chi connectivity index (χ1n) is 11.9. The number of piperidine rings is 1. The molecule has 4 aromatic rings. The molecule has 0 radical (unpaired) electrons. The minimum absolute atomic E-state index is 0.0207. The van der Waals surface area contributed by atoms with Gasteiger partial charge in [-0.25, -0.2) is 10.2 Å². The maximum atomic E-state index is 12.5. The molecule has 9 heteroatoms. The molecule has 1 saturated heterocycles. The molecule has 35 heavy (non-hydrogen) atoms. The largest absolute Gasteiger partial charge is 0.493 e. The highest BCUT2D eigenvalue weighted by molar-refractivity contribution is 6.00. The number of hydrogen-bond acceptors (Lipinski definition) is 6. The number of aromatic amines is 1. The Hall–Kier alpha value is -3.85. The fraction of sp³-hybridized carbons (Fsp3) is 0.346. The third-order valence-corrected chi connectivity index (χ3v) is 6.43. The van der Waals surface area contributed by atoms with Crippen LogP contribution in [-0.2, 0) is 4.74 Å². The quantitative estimate of drug-likeness (QED) is 0.215. The Labute approximate surface area is 202 Å². The molecule has 2 aromatic carbocycles. The number of furan rings is 1. The first-order chi connectivity index (χ1) is 17.0. The zero-order chi connectivity index (χ0) is 24.4. The van der Waals surface area contributed by atoms with Crippen molar-refractivity contribution in [1.29, 1.82) is 5.41 Å². The number of rotatable bonds is 7. The van der Waals surface area contributed by atoms with Crippen LogP contribution in [0.2, 0.25) is 0 Å². The number of nitrogens with two attached hydrogens (primary N) is 1. The van der Waals surface area contributed by atoms with Gasteiger partial charge in [-0.2, -0.15) is 0 Å². The van der Waals surface area contributed by atoms with Crippen LogP contribution in [0.25, 0.3) is 22.0 Å². The van der Waals surface area contributed by atoms with Gasteiger partial charge in [0.25, 0.3) is 5.90 Å². The van der Waals surface area contributed by atoms with Crippen molar-refractivity contribution in [2.75, 3.05) is 26.2 Å². The second-order valence-corrected chi connectivity index (χ2v) is 8.91. The van der Waals surface area contributed by atoms with E-state index in [1.165, 1.54) is 0 Å². The first-order valence-corrected chi connectivity index (χ1v) is 11.9. The Bertz CT molecular complexity index is 1420. The van der Waals surface area contributed by atoms with Gasteiger partial charge in [-0.15, -0.1) is 0 Å². The molecule has 2 aromatic heterocycles. The number of para-hydroxylation sites is 2. The van der Waals surface area contributed by atoms with E-state index in [0.717, 1.165) is 61.1 Å². The summed E-state index contributed by atoms with van der Waals surface area (Å²) < 4.78 is 18.8. The minimum atomic E-state index is -0.134. The zero-order valence-electron chi connectivity index (χ0n) is 19.8. The highest BCUT2D eigenvalue weighted by Crippen LogP contribution is 2.29. The van der Waals surface area contributed by atoms with Gasteiger partial charge in [0.1, 0.15) is 11.3 Å². The summed E-state index contributed by atoms with van der Waals surface area (Å²) in [7, 11) is 0. The van der Waals surface area contributed by atoms with Gasteiger partial charge in [-0.1, -0.05) is 18.2 Å². The van der Waals surface area contributed by atoms with Gasteiger partial charge < -0.3 is 23.8 Å². The SMILES string of the molecule is CC(=[NH2+])OC(=N)c1cc2c(OCCCN3CCC(n4c(=O)[nH]c5ccccc54)CC3)cccc2o1. The van der Waals surface area contributed by atoms with Crippen molar-refractivity contribution in [1.82, 2.24) is 14.5 Å². The lowest BCUT2D eigenvalue weighted by Crippen LogP contribution is -2.40. The van der Waals surface area contributed by atoms with Crippen molar-refractivity contribution in [3.8, 4) is 5.75 Å². The van der Waals surface area contributed by atoms with E-state index in [1.54, 1.807) is 13.0 Å². The number of aromatic nitrogens is 2. The molecule has 5 rings (SSSR count).